The number of hydrogen-bond donors (Lipinski definition) is 0. The molecule has 2 aromatic carbocycles. The zero-order valence-electron chi connectivity index (χ0n) is 12.6. The zero-order chi connectivity index (χ0) is 14.3. The average molecular weight is 262 g/mol. The van der Waals surface area contributed by atoms with Gasteiger partial charge in [0.1, 0.15) is 7.05 Å². The van der Waals surface area contributed by atoms with Crippen LogP contribution in [0.4, 0.5) is 0 Å². The monoisotopic (exact) mass is 262 g/mol. The van der Waals surface area contributed by atoms with E-state index < -0.39 is 0 Å². The second-order valence-corrected chi connectivity index (χ2v) is 5.66. The van der Waals surface area contributed by atoms with Gasteiger partial charge in [-0.05, 0) is 44.5 Å². The molecule has 1 heterocycles. The third kappa shape index (κ3) is 2.09. The molecule has 20 heavy (non-hydrogen) atoms. The van der Waals surface area contributed by atoms with Gasteiger partial charge < -0.3 is 0 Å². The minimum Gasteiger partial charge on any atom is -0.194 e. The van der Waals surface area contributed by atoms with E-state index in [2.05, 4.69) is 80.9 Å². The van der Waals surface area contributed by atoms with Crippen molar-refractivity contribution in [3.05, 3.63) is 65.2 Å². The lowest BCUT2D eigenvalue weighted by Crippen LogP contribution is -2.32. The van der Waals surface area contributed by atoms with Gasteiger partial charge in [0.15, 0.2) is 0 Å². The van der Waals surface area contributed by atoms with Crippen LogP contribution >= 0.6 is 0 Å². The van der Waals surface area contributed by atoms with Gasteiger partial charge in [0.2, 0.25) is 11.2 Å². The van der Waals surface area contributed by atoms with Crippen LogP contribution in [0.5, 0.6) is 0 Å². The van der Waals surface area contributed by atoms with E-state index in [1.165, 1.54) is 38.9 Å². The van der Waals surface area contributed by atoms with Gasteiger partial charge in [-0.25, -0.2) is 0 Å². The van der Waals surface area contributed by atoms with Crippen molar-refractivity contribution in [2.24, 2.45) is 7.05 Å². The van der Waals surface area contributed by atoms with Crippen molar-refractivity contribution in [1.82, 2.24) is 0 Å². The summed E-state index contributed by atoms with van der Waals surface area (Å²) < 4.78 is 2.29. The molecular formula is C19H20N+. The molecule has 1 heteroatoms. The highest BCUT2D eigenvalue weighted by molar-refractivity contribution is 5.78. The van der Waals surface area contributed by atoms with Crippen LogP contribution in [0.25, 0.3) is 22.2 Å². The molecule has 0 bridgehead atoms. The lowest BCUT2D eigenvalue weighted by Gasteiger charge is -2.08. The quantitative estimate of drug-likeness (QED) is 0.577. The van der Waals surface area contributed by atoms with E-state index in [1.807, 2.05) is 0 Å². The molecule has 0 saturated carbocycles. The zero-order valence-corrected chi connectivity index (χ0v) is 12.6. The Morgan fingerprint density at radius 1 is 0.750 bits per heavy atom. The first-order chi connectivity index (χ1) is 9.56. The highest BCUT2D eigenvalue weighted by atomic mass is 14.9. The summed E-state index contributed by atoms with van der Waals surface area (Å²) in [6.07, 6.45) is 0. The van der Waals surface area contributed by atoms with Crippen LogP contribution in [-0.4, -0.2) is 0 Å². The lowest BCUT2D eigenvalue weighted by molar-refractivity contribution is -0.633. The maximum Gasteiger partial charge on any atom is 0.213 e. The third-order valence-corrected chi connectivity index (χ3v) is 4.00. The summed E-state index contributed by atoms with van der Waals surface area (Å²) in [6.45, 7) is 6.46. The summed E-state index contributed by atoms with van der Waals surface area (Å²) in [4.78, 5) is 0. The number of benzene rings is 2. The Morgan fingerprint density at radius 3 is 2.25 bits per heavy atom. The van der Waals surface area contributed by atoms with E-state index in [1.54, 1.807) is 0 Å². The molecule has 0 spiro atoms. The topological polar surface area (TPSA) is 3.88 Å². The van der Waals surface area contributed by atoms with E-state index in [-0.39, 0.29) is 0 Å². The minimum absolute atomic E-state index is 1.27. The van der Waals surface area contributed by atoms with Crippen molar-refractivity contribution in [1.29, 1.82) is 0 Å². The van der Waals surface area contributed by atoms with Crippen molar-refractivity contribution >= 4 is 10.9 Å². The van der Waals surface area contributed by atoms with Gasteiger partial charge in [-0.3, -0.25) is 0 Å². The van der Waals surface area contributed by atoms with Gasteiger partial charge in [0, 0.05) is 23.1 Å². The number of fused-ring (bicyclic) bond motifs is 1. The molecule has 0 radical (unpaired) electrons. The first-order valence-electron chi connectivity index (χ1n) is 7.03. The smallest absolute Gasteiger partial charge is 0.194 e. The Balaban J connectivity index is 2.29. The minimum atomic E-state index is 1.27. The molecule has 0 aliphatic heterocycles. The number of aromatic nitrogens is 1. The summed E-state index contributed by atoms with van der Waals surface area (Å²) in [6, 6.07) is 17.7. The Hall–Kier alpha value is -2.15. The standard InChI is InChI=1S/C19H20N/c1-13-6-9-18-16(11-13)8-10-19(20(18)4)17-12-14(2)5-7-15(17)3/h5-12H,1-4H3/q+1. The second-order valence-electron chi connectivity index (χ2n) is 5.66. The maximum absolute atomic E-state index is 2.29. The summed E-state index contributed by atoms with van der Waals surface area (Å²) in [5.74, 6) is 0. The number of aryl methyl sites for hydroxylation is 4. The fourth-order valence-electron chi connectivity index (χ4n) is 2.81. The van der Waals surface area contributed by atoms with Crippen molar-refractivity contribution in [3.63, 3.8) is 0 Å². The number of hydrogen-bond acceptors (Lipinski definition) is 0. The van der Waals surface area contributed by atoms with Crippen molar-refractivity contribution in [2.75, 3.05) is 0 Å². The van der Waals surface area contributed by atoms with Gasteiger partial charge in [-0.2, -0.15) is 4.57 Å². The van der Waals surface area contributed by atoms with Crippen LogP contribution in [0.1, 0.15) is 16.7 Å². The normalized spacial score (nSPS) is 11.0. The Morgan fingerprint density at radius 2 is 1.45 bits per heavy atom. The number of pyridine rings is 1. The van der Waals surface area contributed by atoms with Crippen LogP contribution in [0.2, 0.25) is 0 Å². The molecule has 1 aromatic heterocycles. The maximum atomic E-state index is 2.29. The summed E-state index contributed by atoms with van der Waals surface area (Å²) in [7, 11) is 2.15. The van der Waals surface area contributed by atoms with Crippen LogP contribution < -0.4 is 4.57 Å². The van der Waals surface area contributed by atoms with Crippen molar-refractivity contribution in [3.8, 4) is 11.3 Å². The van der Waals surface area contributed by atoms with Gasteiger partial charge in [0.05, 0.1) is 0 Å². The third-order valence-electron chi connectivity index (χ3n) is 4.00. The van der Waals surface area contributed by atoms with Crippen molar-refractivity contribution < 1.29 is 4.57 Å². The predicted octanol–water partition coefficient (Wildman–Crippen LogP) is 4.26. The van der Waals surface area contributed by atoms with Gasteiger partial charge in [-0.1, -0.05) is 29.3 Å². The Bertz CT molecular complexity index is 800. The molecule has 3 aromatic rings. The number of rotatable bonds is 1. The number of nitrogens with zero attached hydrogens (tertiary/aromatic N) is 1. The fraction of sp³-hybridized carbons (Fsp3) is 0.211. The first kappa shape index (κ1) is 12.9. The van der Waals surface area contributed by atoms with Gasteiger partial charge in [0.25, 0.3) is 0 Å². The Labute approximate surface area is 120 Å². The summed E-state index contributed by atoms with van der Waals surface area (Å²) in [5.41, 5.74) is 7.77. The van der Waals surface area contributed by atoms with Crippen LogP contribution in [0.3, 0.4) is 0 Å². The van der Waals surface area contributed by atoms with Crippen LogP contribution in [-0.2, 0) is 7.05 Å². The van der Waals surface area contributed by atoms with Gasteiger partial charge in [-0.15, -0.1) is 0 Å². The van der Waals surface area contributed by atoms with E-state index >= 15 is 0 Å². The van der Waals surface area contributed by atoms with E-state index in [0.717, 1.165) is 0 Å². The van der Waals surface area contributed by atoms with E-state index in [9.17, 15) is 0 Å². The first-order valence-corrected chi connectivity index (χ1v) is 7.03. The van der Waals surface area contributed by atoms with Gasteiger partial charge >= 0.3 is 0 Å². The van der Waals surface area contributed by atoms with Crippen molar-refractivity contribution in [2.45, 2.75) is 20.8 Å². The fourth-order valence-corrected chi connectivity index (χ4v) is 2.81. The molecule has 100 valence electrons. The average Bonchev–Trinajstić information content (AvgIpc) is 2.42. The highest BCUT2D eigenvalue weighted by Crippen LogP contribution is 2.24. The SMILES string of the molecule is Cc1ccc(C)c(-c2ccc3cc(C)ccc3[n+]2C)c1. The second kappa shape index (κ2) is 4.75. The largest absolute Gasteiger partial charge is 0.213 e. The lowest BCUT2D eigenvalue weighted by atomic mass is 10.0. The molecule has 0 atom stereocenters. The molecule has 0 unspecified atom stereocenters. The molecule has 0 saturated heterocycles. The molecule has 0 aliphatic carbocycles. The predicted molar refractivity (Wildman–Crippen MR) is 84.8 cm³/mol. The van der Waals surface area contributed by atoms with Crippen LogP contribution in [0.15, 0.2) is 48.5 Å². The van der Waals surface area contributed by atoms with E-state index in [0.29, 0.717) is 0 Å². The summed E-state index contributed by atoms with van der Waals surface area (Å²) in [5, 5.41) is 1.29. The molecule has 3 rings (SSSR count). The molecule has 0 N–H and O–H groups in total. The molecule has 1 nitrogen and oxygen atoms in total. The molecule has 0 fully saturated rings. The molecular weight excluding hydrogens is 242 g/mol. The molecule has 0 amide bonds. The summed E-state index contributed by atoms with van der Waals surface area (Å²) >= 11 is 0. The van der Waals surface area contributed by atoms with Crippen LogP contribution in [0, 0.1) is 20.8 Å². The van der Waals surface area contributed by atoms with E-state index in [4.69, 9.17) is 0 Å². The molecule has 0 aliphatic rings. The Kier molecular flexibility index (Phi) is 3.06. The highest BCUT2D eigenvalue weighted by Gasteiger charge is 2.15.